The van der Waals surface area contributed by atoms with Gasteiger partial charge in [-0.05, 0) is 50.1 Å². The quantitative estimate of drug-likeness (QED) is 0.767. The number of hydrogen-bond acceptors (Lipinski definition) is 3. The van der Waals surface area contributed by atoms with Gasteiger partial charge in [0, 0.05) is 17.3 Å². The molecule has 1 fully saturated rings. The summed E-state index contributed by atoms with van der Waals surface area (Å²) in [5, 5.41) is 3.69. The van der Waals surface area contributed by atoms with Gasteiger partial charge in [0.2, 0.25) is 0 Å². The average Bonchev–Trinajstić information content (AvgIpc) is 2.45. The first-order chi connectivity index (χ1) is 9.69. The third-order valence-electron chi connectivity index (χ3n) is 4.28. The molecule has 1 unspecified atom stereocenters. The molecule has 2 rings (SSSR count). The van der Waals surface area contributed by atoms with Gasteiger partial charge in [-0.2, -0.15) is 11.8 Å². The van der Waals surface area contributed by atoms with E-state index in [1.807, 2.05) is 11.8 Å². The van der Waals surface area contributed by atoms with Crippen LogP contribution >= 0.6 is 11.8 Å². The lowest BCUT2D eigenvalue weighted by molar-refractivity contribution is 0.317. The Morgan fingerprint density at radius 3 is 2.50 bits per heavy atom. The lowest BCUT2D eigenvalue weighted by Gasteiger charge is -2.41. The van der Waals surface area contributed by atoms with E-state index < -0.39 is 0 Å². The first-order valence-electron chi connectivity index (χ1n) is 7.70. The first kappa shape index (κ1) is 15.7. The summed E-state index contributed by atoms with van der Waals surface area (Å²) in [5.41, 5.74) is 1.34. The van der Waals surface area contributed by atoms with Crippen LogP contribution in [-0.2, 0) is 0 Å². The van der Waals surface area contributed by atoms with Crippen LogP contribution in [0.1, 0.15) is 51.1 Å². The Bertz CT molecular complexity index is 394. The van der Waals surface area contributed by atoms with Crippen LogP contribution in [0.3, 0.4) is 0 Å². The first-order valence-corrected chi connectivity index (χ1v) is 8.93. The molecular weight excluding hydrogens is 266 g/mol. The minimum absolute atomic E-state index is 0.403. The summed E-state index contributed by atoms with van der Waals surface area (Å²) in [7, 11) is 0. The molecule has 1 aliphatic carbocycles. The van der Waals surface area contributed by atoms with Crippen molar-refractivity contribution in [3.05, 3.63) is 29.8 Å². The van der Waals surface area contributed by atoms with E-state index in [-0.39, 0.29) is 0 Å². The topological polar surface area (TPSA) is 21.3 Å². The van der Waals surface area contributed by atoms with Crippen molar-refractivity contribution in [2.24, 2.45) is 0 Å². The predicted molar refractivity (Wildman–Crippen MR) is 88.7 cm³/mol. The summed E-state index contributed by atoms with van der Waals surface area (Å²) in [6.45, 7) is 6.28. The molecule has 1 saturated carbocycles. The fraction of sp³-hybridized carbons (Fsp3) is 0.647. The van der Waals surface area contributed by atoms with Gasteiger partial charge in [-0.25, -0.2) is 0 Å². The molecule has 1 aliphatic rings. The Hall–Kier alpha value is -0.670. The Kier molecular flexibility index (Phi) is 5.79. The Balaban J connectivity index is 1.84. The van der Waals surface area contributed by atoms with Crippen LogP contribution in [0.25, 0.3) is 0 Å². The maximum absolute atomic E-state index is 5.62. The second-order valence-electron chi connectivity index (χ2n) is 5.76. The van der Waals surface area contributed by atoms with Crippen molar-refractivity contribution in [1.29, 1.82) is 0 Å². The van der Waals surface area contributed by atoms with Gasteiger partial charge in [0.25, 0.3) is 0 Å². The number of rotatable bonds is 8. The van der Waals surface area contributed by atoms with Gasteiger partial charge in [-0.15, -0.1) is 0 Å². The van der Waals surface area contributed by atoms with Crippen molar-refractivity contribution in [3.8, 4) is 5.75 Å². The zero-order valence-corrected chi connectivity index (χ0v) is 13.8. The number of nitrogens with one attached hydrogen (secondary N) is 1. The monoisotopic (exact) mass is 293 g/mol. The van der Waals surface area contributed by atoms with Crippen LogP contribution in [0, 0.1) is 0 Å². The SMILES string of the molecule is CCCOc1ccc(C(C)NCC2(SC)CCC2)cc1. The summed E-state index contributed by atoms with van der Waals surface area (Å²) >= 11 is 2.03. The molecule has 3 heteroatoms. The van der Waals surface area contributed by atoms with Gasteiger partial charge >= 0.3 is 0 Å². The van der Waals surface area contributed by atoms with E-state index in [9.17, 15) is 0 Å². The van der Waals surface area contributed by atoms with Gasteiger partial charge in [0.15, 0.2) is 0 Å². The molecule has 1 N–H and O–H groups in total. The molecule has 0 spiro atoms. The standard InChI is InChI=1S/C17H27NOS/c1-4-12-19-16-8-6-15(7-9-16)14(2)18-13-17(20-3)10-5-11-17/h6-9,14,18H,4-5,10-13H2,1-3H3. The zero-order valence-electron chi connectivity index (χ0n) is 12.9. The Labute approximate surface area is 127 Å². The number of hydrogen-bond donors (Lipinski definition) is 1. The molecule has 1 atom stereocenters. The lowest BCUT2D eigenvalue weighted by Crippen LogP contribution is -2.43. The van der Waals surface area contributed by atoms with Crippen LogP contribution in [0.2, 0.25) is 0 Å². The molecule has 0 bridgehead atoms. The molecule has 1 aromatic rings. The molecule has 2 nitrogen and oxygen atoms in total. The predicted octanol–water partition coefficient (Wildman–Crippen LogP) is 4.41. The Morgan fingerprint density at radius 2 is 2.00 bits per heavy atom. The highest BCUT2D eigenvalue weighted by atomic mass is 32.2. The smallest absolute Gasteiger partial charge is 0.119 e. The largest absolute Gasteiger partial charge is 0.494 e. The van der Waals surface area contributed by atoms with Crippen molar-refractivity contribution in [3.63, 3.8) is 0 Å². The van der Waals surface area contributed by atoms with Crippen molar-refractivity contribution in [1.82, 2.24) is 5.32 Å². The number of benzene rings is 1. The normalized spacial score (nSPS) is 18.4. The van der Waals surface area contributed by atoms with E-state index in [0.29, 0.717) is 10.8 Å². The molecule has 112 valence electrons. The molecule has 0 saturated heterocycles. The summed E-state index contributed by atoms with van der Waals surface area (Å²) in [6.07, 6.45) is 7.40. The van der Waals surface area contributed by atoms with Crippen molar-refractivity contribution in [2.45, 2.75) is 50.3 Å². The fourth-order valence-corrected chi connectivity index (χ4v) is 3.48. The third-order valence-corrected chi connectivity index (χ3v) is 5.70. The highest BCUT2D eigenvalue weighted by Gasteiger charge is 2.35. The van der Waals surface area contributed by atoms with Gasteiger partial charge in [-0.1, -0.05) is 25.5 Å². The summed E-state index contributed by atoms with van der Waals surface area (Å²) in [5.74, 6) is 0.974. The molecule has 0 aliphatic heterocycles. The molecule has 1 aromatic carbocycles. The van der Waals surface area contributed by atoms with Crippen LogP contribution in [0.4, 0.5) is 0 Å². The van der Waals surface area contributed by atoms with Gasteiger partial charge in [0.1, 0.15) is 5.75 Å². The maximum atomic E-state index is 5.62. The van der Waals surface area contributed by atoms with E-state index in [1.165, 1.54) is 24.8 Å². The van der Waals surface area contributed by atoms with Gasteiger partial charge in [0.05, 0.1) is 6.61 Å². The molecule has 0 heterocycles. The van der Waals surface area contributed by atoms with Crippen LogP contribution in [-0.4, -0.2) is 24.2 Å². The average molecular weight is 293 g/mol. The van der Waals surface area contributed by atoms with E-state index >= 15 is 0 Å². The number of ether oxygens (including phenoxy) is 1. The summed E-state index contributed by atoms with van der Waals surface area (Å²) < 4.78 is 6.12. The van der Waals surface area contributed by atoms with Crippen LogP contribution in [0.15, 0.2) is 24.3 Å². The second kappa shape index (κ2) is 7.37. The molecule has 20 heavy (non-hydrogen) atoms. The van der Waals surface area contributed by atoms with Crippen molar-refractivity contribution < 1.29 is 4.74 Å². The lowest BCUT2D eigenvalue weighted by atomic mass is 9.84. The van der Waals surface area contributed by atoms with Gasteiger partial charge < -0.3 is 10.1 Å². The van der Waals surface area contributed by atoms with E-state index in [0.717, 1.165) is 25.3 Å². The molecule has 0 aromatic heterocycles. The molecular formula is C17H27NOS. The highest BCUT2D eigenvalue weighted by molar-refractivity contribution is 8.00. The van der Waals surface area contributed by atoms with E-state index in [4.69, 9.17) is 4.74 Å². The second-order valence-corrected chi connectivity index (χ2v) is 7.04. The summed E-state index contributed by atoms with van der Waals surface area (Å²) in [4.78, 5) is 0. The Morgan fingerprint density at radius 1 is 1.30 bits per heavy atom. The highest BCUT2D eigenvalue weighted by Crippen LogP contribution is 2.42. The maximum Gasteiger partial charge on any atom is 0.119 e. The van der Waals surface area contributed by atoms with E-state index in [1.54, 1.807) is 0 Å². The zero-order chi connectivity index (χ0) is 14.4. The molecule has 0 amide bonds. The van der Waals surface area contributed by atoms with Gasteiger partial charge in [-0.3, -0.25) is 0 Å². The summed E-state index contributed by atoms with van der Waals surface area (Å²) in [6, 6.07) is 8.91. The fourth-order valence-electron chi connectivity index (χ4n) is 2.55. The van der Waals surface area contributed by atoms with Crippen molar-refractivity contribution >= 4 is 11.8 Å². The minimum atomic E-state index is 0.403. The van der Waals surface area contributed by atoms with Crippen LogP contribution < -0.4 is 10.1 Å². The molecule has 0 radical (unpaired) electrons. The minimum Gasteiger partial charge on any atom is -0.494 e. The number of thioether (sulfide) groups is 1. The van der Waals surface area contributed by atoms with Crippen LogP contribution in [0.5, 0.6) is 5.75 Å². The third kappa shape index (κ3) is 3.92. The van der Waals surface area contributed by atoms with Crippen molar-refractivity contribution in [2.75, 3.05) is 19.4 Å². The van der Waals surface area contributed by atoms with E-state index in [2.05, 4.69) is 49.7 Å².